The Balaban J connectivity index is 1.89. The maximum absolute atomic E-state index is 11.8. The highest BCUT2D eigenvalue weighted by Gasteiger charge is 2.11. The van der Waals surface area contributed by atoms with Crippen molar-refractivity contribution < 1.29 is 13.9 Å². The fourth-order valence-corrected chi connectivity index (χ4v) is 2.01. The van der Waals surface area contributed by atoms with Gasteiger partial charge in [0.1, 0.15) is 11.6 Å². The van der Waals surface area contributed by atoms with Crippen molar-refractivity contribution in [1.29, 1.82) is 5.41 Å². The number of amidine groups is 1. The van der Waals surface area contributed by atoms with Gasteiger partial charge in [-0.15, -0.1) is 0 Å². The van der Waals surface area contributed by atoms with Gasteiger partial charge in [-0.05, 0) is 41.1 Å². The molecule has 3 rings (SSSR count). The molecule has 0 aliphatic carbocycles. The van der Waals surface area contributed by atoms with Gasteiger partial charge in [0.25, 0.3) is 0 Å². The van der Waals surface area contributed by atoms with Crippen molar-refractivity contribution in [3.05, 3.63) is 66.1 Å². The summed E-state index contributed by atoms with van der Waals surface area (Å²) >= 11 is 0. The van der Waals surface area contributed by atoms with Gasteiger partial charge in [0.15, 0.2) is 0 Å². The van der Waals surface area contributed by atoms with E-state index >= 15 is 0 Å². The van der Waals surface area contributed by atoms with Crippen molar-refractivity contribution in [1.82, 2.24) is 0 Å². The molecule has 0 amide bonds. The van der Waals surface area contributed by atoms with Crippen LogP contribution in [-0.4, -0.2) is 11.8 Å². The van der Waals surface area contributed by atoms with Crippen LogP contribution in [0, 0.1) is 5.41 Å². The first-order valence-electron chi connectivity index (χ1n) is 6.27. The number of hydrogen-bond acceptors (Lipinski definition) is 4. The van der Waals surface area contributed by atoms with E-state index in [9.17, 15) is 4.79 Å². The second kappa shape index (κ2) is 5.13. The lowest BCUT2D eigenvalue weighted by Gasteiger charge is -2.05. The molecule has 2 aromatic carbocycles. The van der Waals surface area contributed by atoms with E-state index in [1.807, 2.05) is 18.2 Å². The zero-order chi connectivity index (χ0) is 14.8. The zero-order valence-electron chi connectivity index (χ0n) is 11.0. The number of rotatable bonds is 3. The monoisotopic (exact) mass is 280 g/mol. The molecular formula is C16H12N2O3. The minimum absolute atomic E-state index is 0.0187. The minimum atomic E-state index is -0.542. The summed E-state index contributed by atoms with van der Waals surface area (Å²) in [5, 5.41) is 9.23. The Morgan fingerprint density at radius 3 is 2.57 bits per heavy atom. The third-order valence-electron chi connectivity index (χ3n) is 3.06. The second-order valence-electron chi connectivity index (χ2n) is 4.50. The molecule has 0 aliphatic heterocycles. The number of nitrogen functional groups attached to an aromatic ring is 1. The smallest absolute Gasteiger partial charge is 0.379 e. The maximum Gasteiger partial charge on any atom is 0.379 e. The molecule has 0 radical (unpaired) electrons. The molecular weight excluding hydrogens is 268 g/mol. The van der Waals surface area contributed by atoms with Crippen molar-refractivity contribution in [3.63, 3.8) is 0 Å². The summed E-state index contributed by atoms with van der Waals surface area (Å²) in [5.74, 6) is 0.0615. The molecule has 0 bridgehead atoms. The highest BCUT2D eigenvalue weighted by molar-refractivity contribution is 5.99. The molecule has 0 saturated heterocycles. The summed E-state index contributed by atoms with van der Waals surface area (Å²) in [6, 6.07) is 13.8. The molecule has 0 aliphatic rings. The van der Waals surface area contributed by atoms with Gasteiger partial charge in [0, 0.05) is 5.56 Å². The van der Waals surface area contributed by atoms with Gasteiger partial charge in [-0.3, -0.25) is 5.41 Å². The van der Waals surface area contributed by atoms with Crippen LogP contribution in [0.3, 0.4) is 0 Å². The highest BCUT2D eigenvalue weighted by Crippen LogP contribution is 2.22. The molecule has 3 aromatic rings. The molecule has 5 nitrogen and oxygen atoms in total. The molecule has 1 heterocycles. The average Bonchev–Trinajstić information content (AvgIpc) is 3.01. The molecule has 0 fully saturated rings. The summed E-state index contributed by atoms with van der Waals surface area (Å²) in [7, 11) is 0. The predicted molar refractivity (Wildman–Crippen MR) is 78.6 cm³/mol. The minimum Gasteiger partial charge on any atom is -0.457 e. The van der Waals surface area contributed by atoms with E-state index in [-0.39, 0.29) is 11.6 Å². The number of fused-ring (bicyclic) bond motifs is 1. The van der Waals surface area contributed by atoms with Gasteiger partial charge in [-0.25, -0.2) is 4.79 Å². The van der Waals surface area contributed by atoms with E-state index in [1.54, 1.807) is 30.3 Å². The predicted octanol–water partition coefficient (Wildman–Crippen LogP) is 2.94. The average molecular weight is 280 g/mol. The fourth-order valence-electron chi connectivity index (χ4n) is 2.01. The first kappa shape index (κ1) is 12.9. The number of carbonyl (C=O) groups excluding carboxylic acids is 1. The lowest BCUT2D eigenvalue weighted by molar-refractivity contribution is 0.0701. The van der Waals surface area contributed by atoms with Crippen LogP contribution in [-0.2, 0) is 0 Å². The van der Waals surface area contributed by atoms with E-state index in [1.165, 1.54) is 6.26 Å². The number of hydrogen-bond donors (Lipinski definition) is 2. The lowest BCUT2D eigenvalue weighted by atomic mass is 10.1. The van der Waals surface area contributed by atoms with Crippen molar-refractivity contribution >= 4 is 22.6 Å². The fraction of sp³-hybridized carbons (Fsp3) is 0. The lowest BCUT2D eigenvalue weighted by Crippen LogP contribution is -2.10. The Bertz CT molecular complexity index is 823. The van der Waals surface area contributed by atoms with Gasteiger partial charge in [-0.2, -0.15) is 0 Å². The molecule has 0 atom stereocenters. The molecule has 104 valence electrons. The van der Waals surface area contributed by atoms with Crippen LogP contribution in [0.5, 0.6) is 5.75 Å². The molecule has 0 unspecified atom stereocenters. The van der Waals surface area contributed by atoms with Crippen LogP contribution in [0.15, 0.2) is 59.2 Å². The topological polar surface area (TPSA) is 89.3 Å². The van der Waals surface area contributed by atoms with E-state index in [2.05, 4.69) is 0 Å². The first-order chi connectivity index (χ1) is 10.1. The van der Waals surface area contributed by atoms with Crippen molar-refractivity contribution in [2.75, 3.05) is 0 Å². The quantitative estimate of drug-likeness (QED) is 0.334. The van der Waals surface area contributed by atoms with Crippen LogP contribution < -0.4 is 10.5 Å². The molecule has 0 saturated carbocycles. The van der Waals surface area contributed by atoms with Gasteiger partial charge in [0.05, 0.1) is 6.26 Å². The van der Waals surface area contributed by atoms with E-state index in [0.717, 1.165) is 10.8 Å². The number of carbonyl (C=O) groups is 1. The van der Waals surface area contributed by atoms with E-state index in [4.69, 9.17) is 20.3 Å². The van der Waals surface area contributed by atoms with Crippen LogP contribution in [0.4, 0.5) is 0 Å². The van der Waals surface area contributed by atoms with Crippen LogP contribution in [0.2, 0.25) is 0 Å². The number of esters is 1. The number of furan rings is 1. The van der Waals surface area contributed by atoms with E-state index < -0.39 is 5.97 Å². The van der Waals surface area contributed by atoms with Crippen LogP contribution >= 0.6 is 0 Å². The van der Waals surface area contributed by atoms with Crippen molar-refractivity contribution in [2.45, 2.75) is 0 Å². The molecule has 1 aromatic heterocycles. The van der Waals surface area contributed by atoms with Gasteiger partial charge in [-0.1, -0.05) is 18.2 Å². The SMILES string of the molecule is N=C(N)c1ccc2cc(OC(=O)c3ccco3)ccc2c1. The van der Waals surface area contributed by atoms with Crippen LogP contribution in [0.1, 0.15) is 16.1 Å². The standard InChI is InChI=1S/C16H12N2O3/c17-15(18)12-4-3-11-9-13(6-5-10(11)8-12)21-16(19)14-2-1-7-20-14/h1-9H,(H3,17,18). The van der Waals surface area contributed by atoms with Crippen LogP contribution in [0.25, 0.3) is 10.8 Å². The Morgan fingerprint density at radius 1 is 1.10 bits per heavy atom. The van der Waals surface area contributed by atoms with Crippen molar-refractivity contribution in [2.24, 2.45) is 5.73 Å². The maximum atomic E-state index is 11.8. The third-order valence-corrected chi connectivity index (χ3v) is 3.06. The second-order valence-corrected chi connectivity index (χ2v) is 4.50. The Labute approximate surface area is 120 Å². The summed E-state index contributed by atoms with van der Waals surface area (Å²) in [6.45, 7) is 0. The number of nitrogens with one attached hydrogen (secondary N) is 1. The first-order valence-corrected chi connectivity index (χ1v) is 6.27. The Hall–Kier alpha value is -3.08. The molecule has 5 heteroatoms. The number of nitrogens with two attached hydrogens (primary N) is 1. The third kappa shape index (κ3) is 2.62. The molecule has 3 N–H and O–H groups in total. The van der Waals surface area contributed by atoms with Gasteiger partial charge >= 0.3 is 5.97 Å². The summed E-state index contributed by atoms with van der Waals surface area (Å²) in [6.07, 6.45) is 1.42. The van der Waals surface area contributed by atoms with Crippen molar-refractivity contribution in [3.8, 4) is 5.75 Å². The summed E-state index contributed by atoms with van der Waals surface area (Å²) < 4.78 is 10.2. The number of benzene rings is 2. The Kier molecular flexibility index (Phi) is 3.16. The van der Waals surface area contributed by atoms with Gasteiger partial charge < -0.3 is 14.9 Å². The molecule has 0 spiro atoms. The highest BCUT2D eigenvalue weighted by atomic mass is 16.5. The summed E-state index contributed by atoms with van der Waals surface area (Å²) in [5.41, 5.74) is 6.11. The molecule has 21 heavy (non-hydrogen) atoms. The Morgan fingerprint density at radius 2 is 1.86 bits per heavy atom. The van der Waals surface area contributed by atoms with E-state index in [0.29, 0.717) is 11.3 Å². The summed E-state index contributed by atoms with van der Waals surface area (Å²) in [4.78, 5) is 11.8. The van der Waals surface area contributed by atoms with Gasteiger partial charge in [0.2, 0.25) is 5.76 Å². The largest absolute Gasteiger partial charge is 0.457 e. The normalized spacial score (nSPS) is 10.5. The number of ether oxygens (including phenoxy) is 1. The zero-order valence-corrected chi connectivity index (χ0v) is 11.0.